The molecule has 1 aliphatic rings. The molecule has 108 valence electrons. The zero-order valence-electron chi connectivity index (χ0n) is 13.1. The third kappa shape index (κ3) is 3.96. The highest BCUT2D eigenvalue weighted by atomic mass is 16.5. The maximum Gasteiger partial charge on any atom is 0.0839 e. The molecule has 2 nitrogen and oxygen atoms in total. The Labute approximate surface area is 114 Å². The summed E-state index contributed by atoms with van der Waals surface area (Å²) in [5.74, 6) is 0. The van der Waals surface area contributed by atoms with Crippen molar-refractivity contribution in [1.82, 2.24) is 5.32 Å². The largest absolute Gasteiger partial charge is 0.374 e. The molecule has 18 heavy (non-hydrogen) atoms. The summed E-state index contributed by atoms with van der Waals surface area (Å²) in [6.45, 7) is 13.2. The van der Waals surface area contributed by atoms with Crippen LogP contribution in [0.1, 0.15) is 73.1 Å². The van der Waals surface area contributed by atoms with Crippen molar-refractivity contribution in [2.75, 3.05) is 13.2 Å². The predicted octanol–water partition coefficient (Wildman–Crippen LogP) is 4.14. The fourth-order valence-corrected chi connectivity index (χ4v) is 3.62. The Kier molecular flexibility index (Phi) is 6.13. The Morgan fingerprint density at radius 3 is 2.00 bits per heavy atom. The molecular formula is C16H33NO. The van der Waals surface area contributed by atoms with Crippen molar-refractivity contribution in [3.8, 4) is 0 Å². The standard InChI is InChI=1S/C16H33NO/c1-6-17-14(15(3,4)5)16(18-7-2)12-10-8-9-11-13-16/h14,17H,6-13H2,1-5H3. The van der Waals surface area contributed by atoms with E-state index in [1.807, 2.05) is 0 Å². The van der Waals surface area contributed by atoms with Gasteiger partial charge in [-0.2, -0.15) is 0 Å². The molecule has 0 spiro atoms. The van der Waals surface area contributed by atoms with E-state index in [0.717, 1.165) is 13.2 Å². The summed E-state index contributed by atoms with van der Waals surface area (Å²) in [4.78, 5) is 0. The van der Waals surface area contributed by atoms with Crippen molar-refractivity contribution in [2.24, 2.45) is 5.41 Å². The van der Waals surface area contributed by atoms with Gasteiger partial charge in [0.1, 0.15) is 0 Å². The van der Waals surface area contributed by atoms with Crippen LogP contribution in [-0.4, -0.2) is 24.8 Å². The van der Waals surface area contributed by atoms with Crippen molar-refractivity contribution >= 4 is 0 Å². The molecule has 1 unspecified atom stereocenters. The van der Waals surface area contributed by atoms with Gasteiger partial charge in [0.2, 0.25) is 0 Å². The lowest BCUT2D eigenvalue weighted by molar-refractivity contribution is -0.100. The van der Waals surface area contributed by atoms with Gasteiger partial charge in [0.25, 0.3) is 0 Å². The molecule has 0 amide bonds. The SMILES string of the molecule is CCNC(C(C)(C)C)C1(OCC)CCCCCC1. The first-order valence-electron chi connectivity index (χ1n) is 7.83. The number of rotatable bonds is 5. The lowest BCUT2D eigenvalue weighted by atomic mass is 9.72. The molecule has 1 atom stereocenters. The van der Waals surface area contributed by atoms with Crippen LogP contribution < -0.4 is 5.32 Å². The summed E-state index contributed by atoms with van der Waals surface area (Å²) in [7, 11) is 0. The highest BCUT2D eigenvalue weighted by Crippen LogP contribution is 2.40. The Morgan fingerprint density at radius 1 is 1.06 bits per heavy atom. The second-order valence-corrected chi connectivity index (χ2v) is 6.77. The van der Waals surface area contributed by atoms with Crippen molar-refractivity contribution in [3.63, 3.8) is 0 Å². The first-order chi connectivity index (χ1) is 8.46. The minimum atomic E-state index is 0.0551. The van der Waals surface area contributed by atoms with E-state index in [0.29, 0.717) is 6.04 Å². The summed E-state index contributed by atoms with van der Waals surface area (Å²) in [6, 6.07) is 0.452. The Hall–Kier alpha value is -0.0800. The van der Waals surface area contributed by atoms with Crippen molar-refractivity contribution in [3.05, 3.63) is 0 Å². The van der Waals surface area contributed by atoms with E-state index in [-0.39, 0.29) is 11.0 Å². The van der Waals surface area contributed by atoms with Crippen LogP contribution in [0.25, 0.3) is 0 Å². The van der Waals surface area contributed by atoms with Gasteiger partial charge < -0.3 is 10.1 Å². The summed E-state index contributed by atoms with van der Waals surface area (Å²) >= 11 is 0. The minimum Gasteiger partial charge on any atom is -0.374 e. The van der Waals surface area contributed by atoms with Gasteiger partial charge in [-0.25, -0.2) is 0 Å². The molecule has 2 heteroatoms. The predicted molar refractivity (Wildman–Crippen MR) is 79.0 cm³/mol. The average molecular weight is 255 g/mol. The maximum atomic E-state index is 6.33. The molecule has 0 aromatic carbocycles. The molecule has 1 N–H and O–H groups in total. The number of hydrogen-bond donors (Lipinski definition) is 1. The van der Waals surface area contributed by atoms with Crippen LogP contribution in [0.2, 0.25) is 0 Å². The molecule has 0 radical (unpaired) electrons. The zero-order chi connectivity index (χ0) is 13.6. The van der Waals surface area contributed by atoms with Crippen LogP contribution in [0.3, 0.4) is 0 Å². The fourth-order valence-electron chi connectivity index (χ4n) is 3.62. The zero-order valence-corrected chi connectivity index (χ0v) is 13.1. The molecule has 0 aromatic rings. The summed E-state index contributed by atoms with van der Waals surface area (Å²) in [5, 5.41) is 3.72. The molecule has 1 aliphatic carbocycles. The van der Waals surface area contributed by atoms with Gasteiger partial charge in [-0.15, -0.1) is 0 Å². The summed E-state index contributed by atoms with van der Waals surface area (Å²) in [6.07, 6.45) is 7.82. The van der Waals surface area contributed by atoms with E-state index >= 15 is 0 Å². The summed E-state index contributed by atoms with van der Waals surface area (Å²) in [5.41, 5.74) is 0.301. The molecule has 0 heterocycles. The van der Waals surface area contributed by atoms with Crippen LogP contribution in [-0.2, 0) is 4.74 Å². The Bertz CT molecular complexity index is 224. The normalized spacial score (nSPS) is 22.5. The Morgan fingerprint density at radius 2 is 1.61 bits per heavy atom. The van der Waals surface area contributed by atoms with Crippen LogP contribution in [0.15, 0.2) is 0 Å². The van der Waals surface area contributed by atoms with Gasteiger partial charge >= 0.3 is 0 Å². The summed E-state index contributed by atoms with van der Waals surface area (Å²) < 4.78 is 6.33. The van der Waals surface area contributed by atoms with Crippen molar-refractivity contribution in [1.29, 1.82) is 0 Å². The van der Waals surface area contributed by atoms with E-state index in [9.17, 15) is 0 Å². The molecule has 0 saturated heterocycles. The number of ether oxygens (including phenoxy) is 1. The van der Waals surface area contributed by atoms with Crippen molar-refractivity contribution < 1.29 is 4.74 Å². The molecular weight excluding hydrogens is 222 g/mol. The van der Waals surface area contributed by atoms with E-state index in [1.165, 1.54) is 38.5 Å². The quantitative estimate of drug-likeness (QED) is 0.745. The lowest BCUT2D eigenvalue weighted by Crippen LogP contribution is -2.58. The van der Waals surface area contributed by atoms with Crippen LogP contribution >= 0.6 is 0 Å². The van der Waals surface area contributed by atoms with Gasteiger partial charge in [0.15, 0.2) is 0 Å². The number of hydrogen-bond acceptors (Lipinski definition) is 2. The van der Waals surface area contributed by atoms with Crippen molar-refractivity contribution in [2.45, 2.75) is 84.8 Å². The van der Waals surface area contributed by atoms with E-state index in [2.05, 4.69) is 39.9 Å². The third-order valence-corrected chi connectivity index (χ3v) is 4.18. The van der Waals surface area contributed by atoms with Crippen LogP contribution in [0, 0.1) is 5.41 Å². The molecule has 0 aromatic heterocycles. The third-order valence-electron chi connectivity index (χ3n) is 4.18. The second-order valence-electron chi connectivity index (χ2n) is 6.77. The smallest absolute Gasteiger partial charge is 0.0839 e. The molecule has 1 rings (SSSR count). The highest BCUT2D eigenvalue weighted by molar-refractivity contribution is 5.00. The van der Waals surface area contributed by atoms with Gasteiger partial charge in [0.05, 0.1) is 5.60 Å². The topological polar surface area (TPSA) is 21.3 Å². The average Bonchev–Trinajstić information content (AvgIpc) is 2.51. The van der Waals surface area contributed by atoms with Crippen LogP contribution in [0.4, 0.5) is 0 Å². The maximum absolute atomic E-state index is 6.33. The first-order valence-corrected chi connectivity index (χ1v) is 7.83. The molecule has 0 bridgehead atoms. The Balaban J connectivity index is 2.96. The van der Waals surface area contributed by atoms with Gasteiger partial charge in [-0.3, -0.25) is 0 Å². The second kappa shape index (κ2) is 6.91. The molecule has 1 fully saturated rings. The van der Waals surface area contributed by atoms with E-state index in [1.54, 1.807) is 0 Å². The first kappa shape index (κ1) is 16.0. The van der Waals surface area contributed by atoms with Gasteiger partial charge in [-0.1, -0.05) is 53.4 Å². The number of likely N-dealkylation sites (N-methyl/N-ethyl adjacent to an activating group) is 1. The van der Waals surface area contributed by atoms with E-state index in [4.69, 9.17) is 4.74 Å². The van der Waals surface area contributed by atoms with Crippen LogP contribution in [0.5, 0.6) is 0 Å². The minimum absolute atomic E-state index is 0.0551. The van der Waals surface area contributed by atoms with Gasteiger partial charge in [-0.05, 0) is 31.7 Å². The fraction of sp³-hybridized carbons (Fsp3) is 1.00. The molecule has 1 saturated carbocycles. The monoisotopic (exact) mass is 255 g/mol. The van der Waals surface area contributed by atoms with Gasteiger partial charge in [0, 0.05) is 12.6 Å². The van der Waals surface area contributed by atoms with E-state index < -0.39 is 0 Å². The lowest BCUT2D eigenvalue weighted by Gasteiger charge is -2.47. The number of nitrogens with one attached hydrogen (secondary N) is 1. The molecule has 0 aliphatic heterocycles. The highest BCUT2D eigenvalue weighted by Gasteiger charge is 2.44.